The summed E-state index contributed by atoms with van der Waals surface area (Å²) in [7, 11) is 0. The maximum Gasteiger partial charge on any atom is 0.0991 e. The molecule has 2 aromatic carbocycles. The number of benzene rings is 2. The number of nitrogens with zero attached hydrogens (tertiary/aromatic N) is 1. The van der Waals surface area contributed by atoms with Gasteiger partial charge in [0.15, 0.2) is 0 Å². The van der Waals surface area contributed by atoms with Crippen molar-refractivity contribution in [2.75, 3.05) is 0 Å². The van der Waals surface area contributed by atoms with E-state index in [0.717, 1.165) is 12.0 Å². The highest BCUT2D eigenvalue weighted by Gasteiger charge is 2.19. The lowest BCUT2D eigenvalue weighted by molar-refractivity contribution is 1.30. The molecule has 0 aliphatic heterocycles. The van der Waals surface area contributed by atoms with Crippen LogP contribution in [0.3, 0.4) is 0 Å². The van der Waals surface area contributed by atoms with E-state index in [1.807, 2.05) is 12.1 Å². The molecule has 1 aliphatic carbocycles. The number of nitriles is 1. The fourth-order valence-corrected chi connectivity index (χ4v) is 2.71. The van der Waals surface area contributed by atoms with Crippen LogP contribution in [0.2, 0.25) is 0 Å². The summed E-state index contributed by atoms with van der Waals surface area (Å²) >= 11 is 0. The van der Waals surface area contributed by atoms with Crippen molar-refractivity contribution in [3.63, 3.8) is 0 Å². The zero-order chi connectivity index (χ0) is 13.4. The topological polar surface area (TPSA) is 23.8 Å². The van der Waals surface area contributed by atoms with E-state index in [1.54, 1.807) is 0 Å². The standard InChI is InChI=1S/C18H15N/c1-12-3-6-15(7-4-12)18-10-16-8-5-14(11-19)9-17(16)13(18)2/h3-9H,10H2,1-2H3. The summed E-state index contributed by atoms with van der Waals surface area (Å²) in [5, 5.41) is 9.00. The highest BCUT2D eigenvalue weighted by Crippen LogP contribution is 2.38. The van der Waals surface area contributed by atoms with Crippen LogP contribution in [0.5, 0.6) is 0 Å². The van der Waals surface area contributed by atoms with Gasteiger partial charge in [-0.3, -0.25) is 0 Å². The second kappa shape index (κ2) is 4.40. The van der Waals surface area contributed by atoms with Gasteiger partial charge in [-0.1, -0.05) is 35.9 Å². The van der Waals surface area contributed by atoms with E-state index in [1.165, 1.54) is 33.4 Å². The fourth-order valence-electron chi connectivity index (χ4n) is 2.71. The molecule has 0 heterocycles. The third-order valence-corrected chi connectivity index (χ3v) is 3.86. The predicted molar refractivity (Wildman–Crippen MR) is 78.5 cm³/mol. The molecule has 0 saturated heterocycles. The van der Waals surface area contributed by atoms with Gasteiger partial charge in [-0.2, -0.15) is 5.26 Å². The minimum absolute atomic E-state index is 0.739. The first kappa shape index (κ1) is 11.7. The summed E-state index contributed by atoms with van der Waals surface area (Å²) in [6.45, 7) is 4.26. The van der Waals surface area contributed by atoms with Gasteiger partial charge in [0.05, 0.1) is 11.6 Å². The Morgan fingerprint density at radius 1 is 1.00 bits per heavy atom. The molecule has 92 valence electrons. The van der Waals surface area contributed by atoms with E-state index in [9.17, 15) is 0 Å². The molecule has 19 heavy (non-hydrogen) atoms. The highest BCUT2D eigenvalue weighted by atomic mass is 14.3. The molecule has 2 aromatic rings. The molecule has 1 aliphatic rings. The van der Waals surface area contributed by atoms with Crippen LogP contribution in [-0.4, -0.2) is 0 Å². The van der Waals surface area contributed by atoms with Crippen LogP contribution in [0.1, 0.15) is 34.7 Å². The Labute approximate surface area is 113 Å². The monoisotopic (exact) mass is 245 g/mol. The third kappa shape index (κ3) is 1.96. The molecule has 3 rings (SSSR count). The summed E-state index contributed by atoms with van der Waals surface area (Å²) in [5.74, 6) is 0. The normalized spacial score (nSPS) is 13.3. The quantitative estimate of drug-likeness (QED) is 0.732. The van der Waals surface area contributed by atoms with Crippen LogP contribution in [0, 0.1) is 18.3 Å². The summed E-state index contributed by atoms with van der Waals surface area (Å²) < 4.78 is 0. The van der Waals surface area contributed by atoms with Gasteiger partial charge in [-0.25, -0.2) is 0 Å². The first-order chi connectivity index (χ1) is 9.19. The summed E-state index contributed by atoms with van der Waals surface area (Å²) in [5.41, 5.74) is 8.55. The lowest BCUT2D eigenvalue weighted by atomic mass is 10.0. The fraction of sp³-hybridized carbons (Fsp3) is 0.167. The van der Waals surface area contributed by atoms with Gasteiger partial charge < -0.3 is 0 Å². The smallest absolute Gasteiger partial charge is 0.0991 e. The Morgan fingerprint density at radius 3 is 2.42 bits per heavy atom. The maximum atomic E-state index is 9.00. The predicted octanol–water partition coefficient (Wildman–Crippen LogP) is 4.35. The molecule has 0 bridgehead atoms. The van der Waals surface area contributed by atoms with Crippen molar-refractivity contribution in [2.24, 2.45) is 0 Å². The van der Waals surface area contributed by atoms with Crippen LogP contribution >= 0.6 is 0 Å². The van der Waals surface area contributed by atoms with Crippen molar-refractivity contribution in [3.05, 3.63) is 70.3 Å². The van der Waals surface area contributed by atoms with Crippen LogP contribution in [-0.2, 0) is 6.42 Å². The first-order valence-corrected chi connectivity index (χ1v) is 6.49. The molecule has 0 amide bonds. The van der Waals surface area contributed by atoms with E-state index in [0.29, 0.717) is 0 Å². The number of aryl methyl sites for hydroxylation is 1. The Morgan fingerprint density at radius 2 is 1.74 bits per heavy atom. The van der Waals surface area contributed by atoms with Gasteiger partial charge in [0.2, 0.25) is 0 Å². The van der Waals surface area contributed by atoms with Crippen molar-refractivity contribution in [1.29, 1.82) is 5.26 Å². The average Bonchev–Trinajstić information content (AvgIpc) is 2.76. The molecule has 0 fully saturated rings. The van der Waals surface area contributed by atoms with Crippen LogP contribution in [0.15, 0.2) is 42.5 Å². The average molecular weight is 245 g/mol. The van der Waals surface area contributed by atoms with E-state index in [4.69, 9.17) is 5.26 Å². The lowest BCUT2D eigenvalue weighted by Crippen LogP contribution is -1.86. The van der Waals surface area contributed by atoms with Crippen molar-refractivity contribution in [3.8, 4) is 6.07 Å². The minimum atomic E-state index is 0.739. The van der Waals surface area contributed by atoms with Crippen LogP contribution in [0.25, 0.3) is 11.1 Å². The molecule has 0 N–H and O–H groups in total. The van der Waals surface area contributed by atoms with Gasteiger partial charge >= 0.3 is 0 Å². The number of rotatable bonds is 1. The summed E-state index contributed by atoms with van der Waals surface area (Å²) in [6, 6.07) is 16.9. The minimum Gasteiger partial charge on any atom is -0.192 e. The Kier molecular flexibility index (Phi) is 2.72. The Hall–Kier alpha value is -2.33. The van der Waals surface area contributed by atoms with Crippen LogP contribution in [0.4, 0.5) is 0 Å². The summed E-state index contributed by atoms with van der Waals surface area (Å²) in [4.78, 5) is 0. The number of hydrogen-bond donors (Lipinski definition) is 0. The van der Waals surface area contributed by atoms with E-state index < -0.39 is 0 Å². The van der Waals surface area contributed by atoms with Crippen molar-refractivity contribution in [1.82, 2.24) is 0 Å². The van der Waals surface area contributed by atoms with Gasteiger partial charge in [0.1, 0.15) is 0 Å². The van der Waals surface area contributed by atoms with Gasteiger partial charge in [0.25, 0.3) is 0 Å². The Balaban J connectivity index is 2.08. The van der Waals surface area contributed by atoms with Gasteiger partial charge in [-0.05, 0) is 60.2 Å². The maximum absolute atomic E-state index is 9.00. The Bertz CT molecular complexity index is 712. The molecule has 0 aromatic heterocycles. The zero-order valence-corrected chi connectivity index (χ0v) is 11.2. The SMILES string of the molecule is CC1=C(c2ccc(C)cc2)Cc2ccc(C#N)cc21. The second-order valence-electron chi connectivity index (χ2n) is 5.13. The van der Waals surface area contributed by atoms with E-state index in [-0.39, 0.29) is 0 Å². The summed E-state index contributed by atoms with van der Waals surface area (Å²) in [6.07, 6.45) is 0.968. The van der Waals surface area contributed by atoms with Gasteiger partial charge in [0, 0.05) is 0 Å². The molecule has 0 radical (unpaired) electrons. The first-order valence-electron chi connectivity index (χ1n) is 6.49. The lowest BCUT2D eigenvalue weighted by Gasteiger charge is -2.04. The molecule has 0 unspecified atom stereocenters. The molecule has 0 spiro atoms. The number of hydrogen-bond acceptors (Lipinski definition) is 1. The number of allylic oxidation sites excluding steroid dienone is 2. The zero-order valence-electron chi connectivity index (χ0n) is 11.2. The third-order valence-electron chi connectivity index (χ3n) is 3.86. The van der Waals surface area contributed by atoms with Gasteiger partial charge in [-0.15, -0.1) is 0 Å². The van der Waals surface area contributed by atoms with Crippen molar-refractivity contribution >= 4 is 11.1 Å². The molecule has 1 heteroatoms. The molecular formula is C18H15N. The van der Waals surface area contributed by atoms with Crippen molar-refractivity contribution in [2.45, 2.75) is 20.3 Å². The largest absolute Gasteiger partial charge is 0.192 e. The van der Waals surface area contributed by atoms with E-state index in [2.05, 4.69) is 50.2 Å². The number of fused-ring (bicyclic) bond motifs is 1. The molecule has 0 atom stereocenters. The molecular weight excluding hydrogens is 230 g/mol. The molecule has 1 nitrogen and oxygen atoms in total. The highest BCUT2D eigenvalue weighted by molar-refractivity contribution is 5.96. The molecule has 0 saturated carbocycles. The van der Waals surface area contributed by atoms with Crippen molar-refractivity contribution < 1.29 is 0 Å². The van der Waals surface area contributed by atoms with E-state index >= 15 is 0 Å². The van der Waals surface area contributed by atoms with Crippen LogP contribution < -0.4 is 0 Å². The second-order valence-corrected chi connectivity index (χ2v) is 5.13.